The Labute approximate surface area is 160 Å². The number of nitrogens with one attached hydrogen (secondary N) is 1. The SMILES string of the molecule is COc1cc(C=CC(=O)NC2CCC(C)CC2)ccc1OCCCC(=O)O. The first-order chi connectivity index (χ1) is 13.0. The summed E-state index contributed by atoms with van der Waals surface area (Å²) < 4.78 is 10.9. The summed E-state index contributed by atoms with van der Waals surface area (Å²) in [5, 5.41) is 11.7. The van der Waals surface area contributed by atoms with E-state index in [2.05, 4.69) is 12.2 Å². The van der Waals surface area contributed by atoms with Crippen molar-refractivity contribution >= 4 is 18.0 Å². The van der Waals surface area contributed by atoms with E-state index in [1.54, 1.807) is 31.4 Å². The summed E-state index contributed by atoms with van der Waals surface area (Å²) in [6.45, 7) is 2.56. The summed E-state index contributed by atoms with van der Waals surface area (Å²) in [7, 11) is 1.55. The highest BCUT2D eigenvalue weighted by Gasteiger charge is 2.18. The average Bonchev–Trinajstić information content (AvgIpc) is 2.65. The molecule has 1 aliphatic carbocycles. The molecule has 0 atom stereocenters. The zero-order valence-electron chi connectivity index (χ0n) is 16.1. The van der Waals surface area contributed by atoms with Gasteiger partial charge in [0.2, 0.25) is 5.91 Å². The maximum atomic E-state index is 12.1. The molecule has 0 radical (unpaired) electrons. The van der Waals surface area contributed by atoms with Gasteiger partial charge in [0.25, 0.3) is 0 Å². The second kappa shape index (κ2) is 10.6. The molecule has 1 saturated carbocycles. The minimum absolute atomic E-state index is 0.0676. The van der Waals surface area contributed by atoms with Crippen molar-refractivity contribution in [2.75, 3.05) is 13.7 Å². The first kappa shape index (κ1) is 20.8. The number of methoxy groups -OCH3 is 1. The fourth-order valence-electron chi connectivity index (χ4n) is 3.14. The van der Waals surface area contributed by atoms with Crippen LogP contribution in [0.4, 0.5) is 0 Å². The van der Waals surface area contributed by atoms with Crippen LogP contribution in [0.2, 0.25) is 0 Å². The number of ether oxygens (including phenoxy) is 2. The summed E-state index contributed by atoms with van der Waals surface area (Å²) >= 11 is 0. The molecule has 0 aromatic heterocycles. The van der Waals surface area contributed by atoms with E-state index in [-0.39, 0.29) is 18.4 Å². The monoisotopic (exact) mass is 375 g/mol. The fraction of sp³-hybridized carbons (Fsp3) is 0.524. The zero-order valence-corrected chi connectivity index (χ0v) is 16.1. The van der Waals surface area contributed by atoms with Crippen molar-refractivity contribution in [3.05, 3.63) is 29.8 Å². The molecule has 2 rings (SSSR count). The van der Waals surface area contributed by atoms with Gasteiger partial charge in [-0.05, 0) is 61.8 Å². The third-order valence-corrected chi connectivity index (χ3v) is 4.77. The van der Waals surface area contributed by atoms with E-state index in [1.807, 2.05) is 6.07 Å². The first-order valence-corrected chi connectivity index (χ1v) is 9.49. The third kappa shape index (κ3) is 7.33. The van der Waals surface area contributed by atoms with Crippen molar-refractivity contribution < 1.29 is 24.2 Å². The van der Waals surface area contributed by atoms with Gasteiger partial charge in [-0.2, -0.15) is 0 Å². The van der Waals surface area contributed by atoms with Gasteiger partial charge in [0.15, 0.2) is 11.5 Å². The van der Waals surface area contributed by atoms with Gasteiger partial charge in [-0.3, -0.25) is 9.59 Å². The molecule has 27 heavy (non-hydrogen) atoms. The van der Waals surface area contributed by atoms with Crippen molar-refractivity contribution in [3.63, 3.8) is 0 Å². The van der Waals surface area contributed by atoms with Crippen LogP contribution in [0.1, 0.15) is 51.0 Å². The average molecular weight is 375 g/mol. The number of rotatable bonds is 9. The molecule has 1 aromatic carbocycles. The van der Waals surface area contributed by atoms with Crippen LogP contribution in [0.3, 0.4) is 0 Å². The highest BCUT2D eigenvalue weighted by molar-refractivity contribution is 5.92. The van der Waals surface area contributed by atoms with E-state index in [0.29, 0.717) is 24.5 Å². The van der Waals surface area contributed by atoms with E-state index in [1.165, 1.54) is 12.8 Å². The number of carboxylic acids is 1. The largest absolute Gasteiger partial charge is 0.493 e. The van der Waals surface area contributed by atoms with E-state index >= 15 is 0 Å². The summed E-state index contributed by atoms with van der Waals surface area (Å²) in [6, 6.07) is 5.66. The Hall–Kier alpha value is -2.50. The Morgan fingerprint density at radius 3 is 2.63 bits per heavy atom. The number of carbonyl (C=O) groups excluding carboxylic acids is 1. The number of carbonyl (C=O) groups is 2. The van der Waals surface area contributed by atoms with Crippen LogP contribution < -0.4 is 14.8 Å². The van der Waals surface area contributed by atoms with Gasteiger partial charge in [0.05, 0.1) is 13.7 Å². The molecule has 1 aliphatic rings. The minimum Gasteiger partial charge on any atom is -0.493 e. The Bertz CT molecular complexity index is 663. The van der Waals surface area contributed by atoms with Gasteiger partial charge >= 0.3 is 5.97 Å². The second-order valence-corrected chi connectivity index (χ2v) is 7.05. The maximum absolute atomic E-state index is 12.1. The Morgan fingerprint density at radius 1 is 1.22 bits per heavy atom. The number of carboxylic acid groups (broad SMARTS) is 1. The lowest BCUT2D eigenvalue weighted by molar-refractivity contribution is -0.137. The summed E-state index contributed by atoms with van der Waals surface area (Å²) in [6.07, 6.45) is 8.21. The van der Waals surface area contributed by atoms with Gasteiger partial charge in [-0.1, -0.05) is 13.0 Å². The molecule has 0 unspecified atom stereocenters. The highest BCUT2D eigenvalue weighted by Crippen LogP contribution is 2.29. The first-order valence-electron chi connectivity index (χ1n) is 9.49. The van der Waals surface area contributed by atoms with Crippen LogP contribution >= 0.6 is 0 Å². The smallest absolute Gasteiger partial charge is 0.303 e. The summed E-state index contributed by atoms with van der Waals surface area (Å²) in [5.41, 5.74) is 0.831. The Morgan fingerprint density at radius 2 is 1.96 bits per heavy atom. The fourth-order valence-corrected chi connectivity index (χ4v) is 3.14. The second-order valence-electron chi connectivity index (χ2n) is 7.05. The van der Waals surface area contributed by atoms with Crippen LogP contribution in [0.25, 0.3) is 6.08 Å². The molecule has 0 bridgehead atoms. The molecule has 1 amide bonds. The van der Waals surface area contributed by atoms with Crippen LogP contribution in [0.15, 0.2) is 24.3 Å². The molecule has 148 valence electrons. The van der Waals surface area contributed by atoms with Crippen molar-refractivity contribution in [2.45, 2.75) is 51.5 Å². The summed E-state index contributed by atoms with van der Waals surface area (Å²) in [4.78, 5) is 22.6. The topological polar surface area (TPSA) is 84.9 Å². The predicted molar refractivity (Wildman–Crippen MR) is 104 cm³/mol. The van der Waals surface area contributed by atoms with E-state index < -0.39 is 5.97 Å². The van der Waals surface area contributed by atoms with Gasteiger partial charge in [0.1, 0.15) is 0 Å². The lowest BCUT2D eigenvalue weighted by atomic mass is 9.87. The molecule has 0 spiro atoms. The van der Waals surface area contributed by atoms with Crippen molar-refractivity contribution in [2.24, 2.45) is 5.92 Å². The molecule has 0 saturated heterocycles. The lowest BCUT2D eigenvalue weighted by Crippen LogP contribution is -2.36. The van der Waals surface area contributed by atoms with Crippen LogP contribution in [0, 0.1) is 5.92 Å². The number of hydrogen-bond acceptors (Lipinski definition) is 4. The van der Waals surface area contributed by atoms with Crippen molar-refractivity contribution in [1.82, 2.24) is 5.32 Å². The van der Waals surface area contributed by atoms with E-state index in [4.69, 9.17) is 14.6 Å². The van der Waals surface area contributed by atoms with Crippen molar-refractivity contribution in [3.8, 4) is 11.5 Å². The van der Waals surface area contributed by atoms with Crippen LogP contribution in [-0.4, -0.2) is 36.7 Å². The standard InChI is InChI=1S/C21H29NO5/c1-15-5-9-17(10-6-15)22-20(23)12-8-16-7-11-18(19(14-16)26-2)27-13-3-4-21(24)25/h7-8,11-12,14-15,17H,3-6,9-10,13H2,1-2H3,(H,22,23)(H,24,25). The molecule has 2 N–H and O–H groups in total. The number of benzene rings is 1. The maximum Gasteiger partial charge on any atom is 0.303 e. The highest BCUT2D eigenvalue weighted by atomic mass is 16.5. The molecular formula is C21H29NO5. The lowest BCUT2D eigenvalue weighted by Gasteiger charge is -2.26. The molecule has 6 heteroatoms. The number of amides is 1. The number of hydrogen-bond donors (Lipinski definition) is 2. The third-order valence-electron chi connectivity index (χ3n) is 4.77. The van der Waals surface area contributed by atoms with Gasteiger partial charge < -0.3 is 19.9 Å². The van der Waals surface area contributed by atoms with Gasteiger partial charge in [-0.15, -0.1) is 0 Å². The summed E-state index contributed by atoms with van der Waals surface area (Å²) in [5.74, 6) is 0.940. The molecule has 6 nitrogen and oxygen atoms in total. The minimum atomic E-state index is -0.841. The van der Waals surface area contributed by atoms with Gasteiger partial charge in [0, 0.05) is 18.5 Å². The van der Waals surface area contributed by atoms with E-state index in [9.17, 15) is 9.59 Å². The Balaban J connectivity index is 1.87. The number of aliphatic carboxylic acids is 1. The molecule has 1 fully saturated rings. The molecular weight excluding hydrogens is 346 g/mol. The van der Waals surface area contributed by atoms with Gasteiger partial charge in [-0.25, -0.2) is 0 Å². The molecule has 0 heterocycles. The van der Waals surface area contributed by atoms with Crippen LogP contribution in [0.5, 0.6) is 11.5 Å². The van der Waals surface area contributed by atoms with E-state index in [0.717, 1.165) is 24.3 Å². The predicted octanol–water partition coefficient (Wildman–Crippen LogP) is 3.65. The zero-order chi connectivity index (χ0) is 19.6. The molecule has 1 aromatic rings. The normalized spacial score (nSPS) is 19.6. The quantitative estimate of drug-likeness (QED) is 0.508. The Kier molecular flexibility index (Phi) is 8.17. The van der Waals surface area contributed by atoms with Crippen molar-refractivity contribution in [1.29, 1.82) is 0 Å². The van der Waals surface area contributed by atoms with Crippen LogP contribution in [-0.2, 0) is 9.59 Å². The molecule has 0 aliphatic heterocycles.